The maximum absolute atomic E-state index is 3.88. The second-order valence-corrected chi connectivity index (χ2v) is 5.07. The van der Waals surface area contributed by atoms with Gasteiger partial charge in [-0.1, -0.05) is 6.08 Å². The molecule has 0 amide bonds. The lowest BCUT2D eigenvalue weighted by molar-refractivity contribution is 0.111. The Hall–Kier alpha value is -0.340. The Kier molecular flexibility index (Phi) is 2.67. The average Bonchev–Trinajstić information content (AvgIpc) is 3.00. The van der Waals surface area contributed by atoms with Crippen LogP contribution in [0.15, 0.2) is 12.7 Å². The second-order valence-electron chi connectivity index (χ2n) is 5.07. The molecule has 2 atom stereocenters. The highest BCUT2D eigenvalue weighted by molar-refractivity contribution is 5.03. The zero-order valence-corrected chi connectivity index (χ0v) is 9.42. The van der Waals surface area contributed by atoms with Crippen molar-refractivity contribution in [2.75, 3.05) is 19.6 Å². The summed E-state index contributed by atoms with van der Waals surface area (Å²) >= 11 is 0. The highest BCUT2D eigenvalue weighted by atomic mass is 15.2. The Morgan fingerprint density at radius 2 is 2.29 bits per heavy atom. The average molecular weight is 194 g/mol. The Morgan fingerprint density at radius 3 is 2.86 bits per heavy atom. The minimum Gasteiger partial charge on any atom is -0.309 e. The molecule has 2 aliphatic rings. The van der Waals surface area contributed by atoms with Crippen LogP contribution in [0.1, 0.15) is 26.7 Å². The number of piperazine rings is 1. The summed E-state index contributed by atoms with van der Waals surface area (Å²) in [5.41, 5.74) is 0.371. The number of nitrogens with one attached hydrogen (secondary N) is 1. The van der Waals surface area contributed by atoms with Gasteiger partial charge in [-0.15, -0.1) is 6.58 Å². The smallest absolute Gasteiger partial charge is 0.0309 e. The lowest BCUT2D eigenvalue weighted by Gasteiger charge is -2.43. The summed E-state index contributed by atoms with van der Waals surface area (Å²) in [4.78, 5) is 2.54. The maximum atomic E-state index is 3.88. The van der Waals surface area contributed by atoms with Gasteiger partial charge in [0.1, 0.15) is 0 Å². The van der Waals surface area contributed by atoms with Gasteiger partial charge in [-0.2, -0.15) is 0 Å². The SMILES string of the molecule is C=CC(C)N1CCNC(C)(C2CC2)C1. The molecule has 2 fully saturated rings. The van der Waals surface area contributed by atoms with Crippen LogP contribution in [0, 0.1) is 5.92 Å². The van der Waals surface area contributed by atoms with Crippen molar-refractivity contribution in [1.29, 1.82) is 0 Å². The van der Waals surface area contributed by atoms with Crippen LogP contribution >= 0.6 is 0 Å². The van der Waals surface area contributed by atoms with Gasteiger partial charge >= 0.3 is 0 Å². The Morgan fingerprint density at radius 1 is 1.57 bits per heavy atom. The van der Waals surface area contributed by atoms with Crippen molar-refractivity contribution in [3.8, 4) is 0 Å². The quantitative estimate of drug-likeness (QED) is 0.687. The molecule has 2 heteroatoms. The molecule has 1 saturated heterocycles. The minimum absolute atomic E-state index is 0.371. The van der Waals surface area contributed by atoms with Crippen LogP contribution in [0.2, 0.25) is 0 Å². The van der Waals surface area contributed by atoms with Crippen molar-refractivity contribution >= 4 is 0 Å². The predicted octanol–water partition coefficient (Wildman–Crippen LogP) is 1.63. The first-order chi connectivity index (χ1) is 6.65. The van der Waals surface area contributed by atoms with E-state index in [9.17, 15) is 0 Å². The van der Waals surface area contributed by atoms with Crippen molar-refractivity contribution in [2.24, 2.45) is 5.92 Å². The minimum atomic E-state index is 0.371. The second kappa shape index (κ2) is 3.67. The zero-order valence-electron chi connectivity index (χ0n) is 9.42. The van der Waals surface area contributed by atoms with Gasteiger partial charge in [0.2, 0.25) is 0 Å². The van der Waals surface area contributed by atoms with Gasteiger partial charge in [0.15, 0.2) is 0 Å². The molecule has 2 rings (SSSR count). The third-order valence-corrected chi connectivity index (χ3v) is 3.85. The van der Waals surface area contributed by atoms with Crippen LogP contribution in [0.4, 0.5) is 0 Å². The molecule has 1 aliphatic carbocycles. The fourth-order valence-electron chi connectivity index (χ4n) is 2.53. The van der Waals surface area contributed by atoms with Crippen molar-refractivity contribution in [3.05, 3.63) is 12.7 Å². The summed E-state index contributed by atoms with van der Waals surface area (Å²) < 4.78 is 0. The van der Waals surface area contributed by atoms with E-state index in [-0.39, 0.29) is 0 Å². The summed E-state index contributed by atoms with van der Waals surface area (Å²) in [6.07, 6.45) is 4.89. The van der Waals surface area contributed by atoms with Gasteiger partial charge in [-0.3, -0.25) is 4.90 Å². The van der Waals surface area contributed by atoms with Gasteiger partial charge < -0.3 is 5.32 Å². The molecule has 1 aliphatic heterocycles. The van der Waals surface area contributed by atoms with E-state index in [1.54, 1.807) is 0 Å². The third kappa shape index (κ3) is 1.86. The number of hydrogen-bond donors (Lipinski definition) is 1. The van der Waals surface area contributed by atoms with Crippen LogP contribution in [-0.2, 0) is 0 Å². The van der Waals surface area contributed by atoms with E-state index in [4.69, 9.17) is 0 Å². The fraction of sp³-hybridized carbons (Fsp3) is 0.833. The normalized spacial score (nSPS) is 36.7. The molecule has 14 heavy (non-hydrogen) atoms. The number of rotatable bonds is 3. The summed E-state index contributed by atoms with van der Waals surface area (Å²) in [6, 6.07) is 0.523. The summed E-state index contributed by atoms with van der Waals surface area (Å²) in [6.45, 7) is 12.0. The van der Waals surface area contributed by atoms with Crippen LogP contribution in [-0.4, -0.2) is 36.1 Å². The summed E-state index contributed by atoms with van der Waals surface area (Å²) in [5, 5.41) is 3.69. The lowest BCUT2D eigenvalue weighted by atomic mass is 9.92. The zero-order chi connectivity index (χ0) is 10.2. The molecule has 1 heterocycles. The van der Waals surface area contributed by atoms with Crippen LogP contribution < -0.4 is 5.32 Å². The molecule has 0 radical (unpaired) electrons. The molecular weight excluding hydrogens is 172 g/mol. The standard InChI is InChI=1S/C12H22N2/c1-4-10(2)14-8-7-13-12(3,9-14)11-5-6-11/h4,10-11,13H,1,5-9H2,2-3H3. The molecule has 0 aromatic carbocycles. The van der Waals surface area contributed by atoms with Crippen LogP contribution in [0.3, 0.4) is 0 Å². The van der Waals surface area contributed by atoms with Crippen LogP contribution in [0.5, 0.6) is 0 Å². The van der Waals surface area contributed by atoms with E-state index in [1.165, 1.54) is 19.4 Å². The highest BCUT2D eigenvalue weighted by Crippen LogP contribution is 2.40. The predicted molar refractivity (Wildman–Crippen MR) is 60.4 cm³/mol. The van der Waals surface area contributed by atoms with E-state index < -0.39 is 0 Å². The van der Waals surface area contributed by atoms with Crippen molar-refractivity contribution < 1.29 is 0 Å². The van der Waals surface area contributed by atoms with Gasteiger partial charge in [0.05, 0.1) is 0 Å². The lowest BCUT2D eigenvalue weighted by Crippen LogP contribution is -2.61. The van der Waals surface area contributed by atoms with E-state index in [2.05, 4.69) is 36.7 Å². The highest BCUT2D eigenvalue weighted by Gasteiger charge is 2.44. The van der Waals surface area contributed by atoms with Crippen LogP contribution in [0.25, 0.3) is 0 Å². The molecule has 0 spiro atoms. The molecule has 1 N–H and O–H groups in total. The topological polar surface area (TPSA) is 15.3 Å². The molecule has 0 bridgehead atoms. The van der Waals surface area contributed by atoms with Gasteiger partial charge in [-0.25, -0.2) is 0 Å². The molecule has 2 unspecified atom stereocenters. The van der Waals surface area contributed by atoms with Crippen molar-refractivity contribution in [1.82, 2.24) is 10.2 Å². The molecule has 0 aromatic heterocycles. The number of nitrogens with zero attached hydrogens (tertiary/aromatic N) is 1. The van der Waals surface area contributed by atoms with E-state index in [0.29, 0.717) is 11.6 Å². The molecule has 2 nitrogen and oxygen atoms in total. The van der Waals surface area contributed by atoms with E-state index in [0.717, 1.165) is 19.0 Å². The van der Waals surface area contributed by atoms with Gasteiger partial charge in [0, 0.05) is 31.2 Å². The fourth-order valence-corrected chi connectivity index (χ4v) is 2.53. The monoisotopic (exact) mass is 194 g/mol. The Balaban J connectivity index is 1.99. The molecular formula is C12H22N2. The van der Waals surface area contributed by atoms with E-state index >= 15 is 0 Å². The third-order valence-electron chi connectivity index (χ3n) is 3.85. The number of hydrogen-bond acceptors (Lipinski definition) is 2. The largest absolute Gasteiger partial charge is 0.309 e. The van der Waals surface area contributed by atoms with Crippen molar-refractivity contribution in [2.45, 2.75) is 38.3 Å². The summed E-state index contributed by atoms with van der Waals surface area (Å²) in [5.74, 6) is 0.919. The van der Waals surface area contributed by atoms with E-state index in [1.807, 2.05) is 0 Å². The first kappa shape index (κ1) is 10.2. The first-order valence-electron chi connectivity index (χ1n) is 5.77. The van der Waals surface area contributed by atoms with Gasteiger partial charge in [-0.05, 0) is 32.6 Å². The summed E-state index contributed by atoms with van der Waals surface area (Å²) in [7, 11) is 0. The van der Waals surface area contributed by atoms with Gasteiger partial charge in [0.25, 0.3) is 0 Å². The molecule has 80 valence electrons. The first-order valence-corrected chi connectivity index (χ1v) is 5.77. The Bertz CT molecular complexity index is 222. The maximum Gasteiger partial charge on any atom is 0.0309 e. The molecule has 0 aromatic rings. The van der Waals surface area contributed by atoms with Crippen molar-refractivity contribution in [3.63, 3.8) is 0 Å². The Labute approximate surface area is 87.4 Å². The molecule has 1 saturated carbocycles.